The van der Waals surface area contributed by atoms with E-state index in [4.69, 9.17) is 5.73 Å². The van der Waals surface area contributed by atoms with Crippen LogP contribution in [0.2, 0.25) is 0 Å². The minimum atomic E-state index is -3.81. The minimum absolute atomic E-state index is 0.0398. The zero-order valence-electron chi connectivity index (χ0n) is 12.0. The molecule has 1 aliphatic rings. The SMILES string of the molecule is CN(C)CC1CC(O)CN1S(=O)(=O)c1ccc(F)c(N)c1. The van der Waals surface area contributed by atoms with Crippen molar-refractivity contribution in [2.45, 2.75) is 23.5 Å². The van der Waals surface area contributed by atoms with E-state index in [0.29, 0.717) is 13.0 Å². The normalized spacial score (nSPS) is 23.9. The summed E-state index contributed by atoms with van der Waals surface area (Å²) in [7, 11) is -0.128. The number of nitrogen functional groups attached to an aromatic ring is 1. The summed E-state index contributed by atoms with van der Waals surface area (Å²) < 4.78 is 39.8. The molecule has 1 aliphatic heterocycles. The number of hydrogen-bond donors (Lipinski definition) is 2. The van der Waals surface area contributed by atoms with E-state index in [1.54, 1.807) is 0 Å². The molecule has 1 fully saturated rings. The third-order valence-corrected chi connectivity index (χ3v) is 5.41. The molecule has 0 aromatic heterocycles. The molecule has 0 radical (unpaired) electrons. The summed E-state index contributed by atoms with van der Waals surface area (Å²) in [6.45, 7) is 0.547. The lowest BCUT2D eigenvalue weighted by Crippen LogP contribution is -2.41. The van der Waals surface area contributed by atoms with E-state index in [1.807, 2.05) is 19.0 Å². The first-order valence-electron chi connectivity index (χ1n) is 6.61. The highest BCUT2D eigenvalue weighted by atomic mass is 32.2. The molecule has 6 nitrogen and oxygen atoms in total. The molecule has 2 rings (SSSR count). The van der Waals surface area contributed by atoms with Gasteiger partial charge in [0, 0.05) is 19.1 Å². The second-order valence-corrected chi connectivity index (χ2v) is 7.45. The number of halogens is 1. The first kappa shape index (κ1) is 16.2. The van der Waals surface area contributed by atoms with Crippen LogP contribution in [0.3, 0.4) is 0 Å². The molecule has 0 amide bonds. The van der Waals surface area contributed by atoms with E-state index in [-0.39, 0.29) is 23.2 Å². The van der Waals surface area contributed by atoms with Crippen LogP contribution in [-0.4, -0.2) is 62.1 Å². The highest BCUT2D eigenvalue weighted by molar-refractivity contribution is 7.89. The number of nitrogens with two attached hydrogens (primary N) is 1. The molecule has 0 spiro atoms. The molecule has 1 saturated heterocycles. The highest BCUT2D eigenvalue weighted by Gasteiger charge is 2.39. The van der Waals surface area contributed by atoms with Gasteiger partial charge in [0.05, 0.1) is 16.7 Å². The van der Waals surface area contributed by atoms with Gasteiger partial charge in [-0.05, 0) is 38.7 Å². The van der Waals surface area contributed by atoms with Gasteiger partial charge >= 0.3 is 0 Å². The Morgan fingerprint density at radius 1 is 1.48 bits per heavy atom. The molecule has 0 saturated carbocycles. The molecule has 8 heteroatoms. The number of likely N-dealkylation sites (N-methyl/N-ethyl adjacent to an activating group) is 1. The maximum atomic E-state index is 13.2. The van der Waals surface area contributed by atoms with Crippen LogP contribution >= 0.6 is 0 Å². The lowest BCUT2D eigenvalue weighted by molar-refractivity contribution is 0.188. The van der Waals surface area contributed by atoms with Crippen LogP contribution in [0, 0.1) is 5.82 Å². The van der Waals surface area contributed by atoms with Crippen LogP contribution in [0.1, 0.15) is 6.42 Å². The van der Waals surface area contributed by atoms with Crippen molar-refractivity contribution in [3.05, 3.63) is 24.0 Å². The van der Waals surface area contributed by atoms with Crippen LogP contribution in [0.15, 0.2) is 23.1 Å². The van der Waals surface area contributed by atoms with E-state index >= 15 is 0 Å². The number of hydrogen-bond acceptors (Lipinski definition) is 5. The molecule has 1 aromatic carbocycles. The van der Waals surface area contributed by atoms with Gasteiger partial charge < -0.3 is 15.7 Å². The summed E-state index contributed by atoms with van der Waals surface area (Å²) in [5, 5.41) is 9.78. The molecular formula is C13H20FN3O3S. The Morgan fingerprint density at radius 3 is 2.71 bits per heavy atom. The predicted octanol–water partition coefficient (Wildman–Crippen LogP) is 0.0934. The van der Waals surface area contributed by atoms with E-state index < -0.39 is 21.9 Å². The minimum Gasteiger partial charge on any atom is -0.396 e. The van der Waals surface area contributed by atoms with Crippen molar-refractivity contribution < 1.29 is 17.9 Å². The molecule has 3 N–H and O–H groups in total. The summed E-state index contributed by atoms with van der Waals surface area (Å²) in [4.78, 5) is 1.81. The predicted molar refractivity (Wildman–Crippen MR) is 77.7 cm³/mol. The van der Waals surface area contributed by atoms with E-state index in [9.17, 15) is 17.9 Å². The number of aliphatic hydroxyl groups is 1. The molecule has 0 aliphatic carbocycles. The average Bonchev–Trinajstić information content (AvgIpc) is 2.73. The van der Waals surface area contributed by atoms with Gasteiger partial charge in [0.25, 0.3) is 0 Å². The smallest absolute Gasteiger partial charge is 0.243 e. The molecule has 2 atom stereocenters. The van der Waals surface area contributed by atoms with E-state index in [1.165, 1.54) is 10.4 Å². The molecule has 21 heavy (non-hydrogen) atoms. The molecule has 1 aromatic rings. The topological polar surface area (TPSA) is 86.9 Å². The van der Waals surface area contributed by atoms with Crippen molar-refractivity contribution in [1.29, 1.82) is 0 Å². The van der Waals surface area contributed by atoms with Gasteiger partial charge in [-0.15, -0.1) is 0 Å². The van der Waals surface area contributed by atoms with Crippen molar-refractivity contribution in [2.75, 3.05) is 32.9 Å². The van der Waals surface area contributed by atoms with E-state index in [0.717, 1.165) is 12.1 Å². The molecular weight excluding hydrogens is 297 g/mol. The zero-order valence-corrected chi connectivity index (χ0v) is 12.8. The van der Waals surface area contributed by atoms with Crippen molar-refractivity contribution in [3.63, 3.8) is 0 Å². The Bertz CT molecular complexity index is 621. The lowest BCUT2D eigenvalue weighted by atomic mass is 10.2. The van der Waals surface area contributed by atoms with Crippen LogP contribution < -0.4 is 5.73 Å². The Kier molecular flexibility index (Phi) is 4.52. The second kappa shape index (κ2) is 5.88. The first-order valence-corrected chi connectivity index (χ1v) is 8.05. The van der Waals surface area contributed by atoms with Crippen molar-refractivity contribution in [3.8, 4) is 0 Å². The summed E-state index contributed by atoms with van der Waals surface area (Å²) in [5.41, 5.74) is 5.23. The van der Waals surface area contributed by atoms with Gasteiger partial charge in [-0.2, -0.15) is 4.31 Å². The van der Waals surface area contributed by atoms with Crippen LogP contribution in [0.25, 0.3) is 0 Å². The summed E-state index contributed by atoms with van der Waals surface area (Å²) in [5.74, 6) is -0.653. The number of rotatable bonds is 4. The van der Waals surface area contributed by atoms with Crippen molar-refractivity contribution in [1.82, 2.24) is 9.21 Å². The quantitative estimate of drug-likeness (QED) is 0.769. The first-order chi connectivity index (χ1) is 9.71. The summed E-state index contributed by atoms with van der Waals surface area (Å²) in [6.07, 6.45) is -0.309. The molecule has 0 bridgehead atoms. The fraction of sp³-hybridized carbons (Fsp3) is 0.538. The monoisotopic (exact) mass is 317 g/mol. The average molecular weight is 317 g/mol. The maximum absolute atomic E-state index is 13.2. The zero-order chi connectivity index (χ0) is 15.8. The Balaban J connectivity index is 2.34. The van der Waals surface area contributed by atoms with Crippen LogP contribution in [0.5, 0.6) is 0 Å². The van der Waals surface area contributed by atoms with Crippen molar-refractivity contribution in [2.24, 2.45) is 0 Å². The van der Waals surface area contributed by atoms with Gasteiger partial charge in [0.2, 0.25) is 10.0 Å². The standard InChI is InChI=1S/C13H20FN3O3S/c1-16(2)7-9-5-10(18)8-17(9)21(19,20)11-3-4-12(14)13(15)6-11/h3-4,6,9-10,18H,5,7-8,15H2,1-2H3. The largest absolute Gasteiger partial charge is 0.396 e. The number of nitrogens with zero attached hydrogens (tertiary/aromatic N) is 2. The van der Waals surface area contributed by atoms with Gasteiger partial charge in [-0.1, -0.05) is 0 Å². The van der Waals surface area contributed by atoms with Gasteiger partial charge in [-0.3, -0.25) is 0 Å². The summed E-state index contributed by atoms with van der Waals surface area (Å²) in [6, 6.07) is 3.03. The Morgan fingerprint density at radius 2 is 2.14 bits per heavy atom. The van der Waals surface area contributed by atoms with Gasteiger partial charge in [0.15, 0.2) is 0 Å². The number of aliphatic hydroxyl groups excluding tert-OH is 1. The third-order valence-electron chi connectivity index (χ3n) is 3.49. The second-order valence-electron chi connectivity index (χ2n) is 5.56. The summed E-state index contributed by atoms with van der Waals surface area (Å²) >= 11 is 0. The molecule has 118 valence electrons. The van der Waals surface area contributed by atoms with E-state index in [2.05, 4.69) is 0 Å². The lowest BCUT2D eigenvalue weighted by Gasteiger charge is -2.26. The molecule has 2 unspecified atom stereocenters. The molecule has 1 heterocycles. The van der Waals surface area contributed by atoms with Crippen LogP contribution in [0.4, 0.5) is 10.1 Å². The van der Waals surface area contributed by atoms with Gasteiger partial charge in [-0.25, -0.2) is 12.8 Å². The number of sulfonamides is 1. The number of benzene rings is 1. The Hall–Kier alpha value is -1.22. The van der Waals surface area contributed by atoms with Crippen molar-refractivity contribution >= 4 is 15.7 Å². The number of β-amino-alcohol motifs (C(OH)–C–C–N with tert-alkyl or cyclic N) is 1. The highest BCUT2D eigenvalue weighted by Crippen LogP contribution is 2.28. The fourth-order valence-corrected chi connectivity index (χ4v) is 4.26. The number of anilines is 1. The Labute approximate surface area is 124 Å². The fourth-order valence-electron chi connectivity index (χ4n) is 2.56. The third kappa shape index (κ3) is 3.34. The maximum Gasteiger partial charge on any atom is 0.243 e. The van der Waals surface area contributed by atoms with Crippen LogP contribution in [-0.2, 0) is 10.0 Å². The van der Waals surface area contributed by atoms with Gasteiger partial charge in [0.1, 0.15) is 5.82 Å².